The summed E-state index contributed by atoms with van der Waals surface area (Å²) in [7, 11) is 0. The number of carboxylic acid groups (broad SMARTS) is 1. The number of hydrogen-bond acceptors (Lipinski definition) is 2. The first-order valence-corrected chi connectivity index (χ1v) is 7.35. The Morgan fingerprint density at radius 1 is 1.30 bits per heavy atom. The summed E-state index contributed by atoms with van der Waals surface area (Å²) in [5.74, 6) is -0.959. The monoisotopic (exact) mass is 279 g/mol. The molecule has 0 heterocycles. The molecule has 0 atom stereocenters. The Labute approximate surface area is 119 Å². The van der Waals surface area contributed by atoms with Crippen molar-refractivity contribution in [2.45, 2.75) is 44.6 Å². The number of carboxylic acids is 1. The Morgan fingerprint density at radius 3 is 2.70 bits per heavy atom. The van der Waals surface area contributed by atoms with Crippen LogP contribution >= 0.6 is 0 Å². The topological polar surface area (TPSA) is 40.5 Å². The zero-order valence-corrected chi connectivity index (χ0v) is 11.7. The highest BCUT2D eigenvalue weighted by molar-refractivity contribution is 5.66. The Morgan fingerprint density at radius 2 is 2.05 bits per heavy atom. The maximum atomic E-state index is 13.2. The van der Waals surface area contributed by atoms with Crippen LogP contribution in [0.1, 0.15) is 37.7 Å². The van der Waals surface area contributed by atoms with Gasteiger partial charge in [-0.1, -0.05) is 25.0 Å². The van der Waals surface area contributed by atoms with Crippen LogP contribution < -0.4 is 0 Å². The third-order valence-corrected chi connectivity index (χ3v) is 4.03. The third kappa shape index (κ3) is 4.60. The predicted molar refractivity (Wildman–Crippen MR) is 76.2 cm³/mol. The molecular weight excluding hydrogens is 257 g/mol. The number of aliphatic carboxylic acids is 1. The van der Waals surface area contributed by atoms with Crippen molar-refractivity contribution in [1.82, 2.24) is 4.90 Å². The van der Waals surface area contributed by atoms with Crippen molar-refractivity contribution in [3.8, 4) is 0 Å². The van der Waals surface area contributed by atoms with Gasteiger partial charge < -0.3 is 5.11 Å². The molecule has 1 saturated carbocycles. The summed E-state index contributed by atoms with van der Waals surface area (Å²) >= 11 is 0. The van der Waals surface area contributed by atoms with Crippen molar-refractivity contribution in [1.29, 1.82) is 0 Å². The van der Waals surface area contributed by atoms with E-state index in [1.165, 1.54) is 18.9 Å². The Hall–Kier alpha value is -1.42. The first-order valence-electron chi connectivity index (χ1n) is 7.35. The van der Waals surface area contributed by atoms with E-state index in [1.807, 2.05) is 6.07 Å². The summed E-state index contributed by atoms with van der Waals surface area (Å²) in [4.78, 5) is 13.0. The molecule has 1 aromatic carbocycles. The van der Waals surface area contributed by atoms with Crippen LogP contribution in [0.25, 0.3) is 0 Å². The summed E-state index contributed by atoms with van der Waals surface area (Å²) in [6, 6.07) is 7.16. The fraction of sp³-hybridized carbons (Fsp3) is 0.562. The highest BCUT2D eigenvalue weighted by Gasteiger charge is 2.22. The summed E-state index contributed by atoms with van der Waals surface area (Å²) in [6.07, 6.45) is 5.72. The number of nitrogens with zero attached hydrogens (tertiary/aromatic N) is 1. The van der Waals surface area contributed by atoms with Crippen molar-refractivity contribution in [2.24, 2.45) is 0 Å². The standard InChI is InChI=1S/C16H22FNO2/c17-14-5-3-4-13(12-14)8-10-18(11-9-16(19)20)15-6-1-2-7-15/h3-5,12,15H,1-2,6-11H2,(H,19,20). The largest absolute Gasteiger partial charge is 0.481 e. The summed E-state index contributed by atoms with van der Waals surface area (Å²) < 4.78 is 13.2. The quantitative estimate of drug-likeness (QED) is 0.834. The van der Waals surface area contributed by atoms with E-state index < -0.39 is 5.97 Å². The molecule has 3 nitrogen and oxygen atoms in total. The van der Waals surface area contributed by atoms with Crippen LogP contribution in [0.4, 0.5) is 4.39 Å². The average molecular weight is 279 g/mol. The first-order chi connectivity index (χ1) is 9.65. The molecule has 1 aliphatic carbocycles. The van der Waals surface area contributed by atoms with E-state index in [0.717, 1.165) is 31.4 Å². The second kappa shape index (κ2) is 7.39. The maximum Gasteiger partial charge on any atom is 0.304 e. The van der Waals surface area contributed by atoms with E-state index in [-0.39, 0.29) is 12.2 Å². The predicted octanol–water partition coefficient (Wildman–Crippen LogP) is 3.09. The van der Waals surface area contributed by atoms with Gasteiger partial charge in [-0.15, -0.1) is 0 Å². The fourth-order valence-electron chi connectivity index (χ4n) is 2.95. The summed E-state index contributed by atoms with van der Waals surface area (Å²) in [6.45, 7) is 1.40. The van der Waals surface area contributed by atoms with Crippen LogP contribution in [0.2, 0.25) is 0 Å². The van der Waals surface area contributed by atoms with Crippen LogP contribution in [-0.4, -0.2) is 35.1 Å². The molecule has 1 N–H and O–H groups in total. The van der Waals surface area contributed by atoms with E-state index in [0.29, 0.717) is 12.6 Å². The minimum atomic E-state index is -0.751. The van der Waals surface area contributed by atoms with Crippen LogP contribution in [0.15, 0.2) is 24.3 Å². The number of halogens is 1. The minimum absolute atomic E-state index is 0.180. The molecule has 0 aliphatic heterocycles. The fourth-order valence-corrected chi connectivity index (χ4v) is 2.95. The highest BCUT2D eigenvalue weighted by atomic mass is 19.1. The number of rotatable bonds is 7. The van der Waals surface area contributed by atoms with E-state index in [4.69, 9.17) is 5.11 Å². The molecule has 4 heteroatoms. The van der Waals surface area contributed by atoms with E-state index in [1.54, 1.807) is 12.1 Å². The molecule has 0 spiro atoms. The molecule has 0 saturated heterocycles. The number of hydrogen-bond donors (Lipinski definition) is 1. The van der Waals surface area contributed by atoms with Crippen molar-refractivity contribution in [2.75, 3.05) is 13.1 Å². The van der Waals surface area contributed by atoms with Gasteiger partial charge in [0.2, 0.25) is 0 Å². The lowest BCUT2D eigenvalue weighted by Gasteiger charge is -2.28. The van der Waals surface area contributed by atoms with Gasteiger partial charge in [-0.3, -0.25) is 9.69 Å². The van der Waals surface area contributed by atoms with Gasteiger partial charge in [-0.25, -0.2) is 4.39 Å². The molecule has 2 rings (SSSR count). The lowest BCUT2D eigenvalue weighted by molar-refractivity contribution is -0.137. The Kier molecular flexibility index (Phi) is 5.53. The molecule has 110 valence electrons. The van der Waals surface area contributed by atoms with Gasteiger partial charge in [0.15, 0.2) is 0 Å². The molecule has 0 aromatic heterocycles. The normalized spacial score (nSPS) is 15.9. The van der Waals surface area contributed by atoms with Gasteiger partial charge in [0.1, 0.15) is 5.82 Å². The second-order valence-corrected chi connectivity index (χ2v) is 5.50. The highest BCUT2D eigenvalue weighted by Crippen LogP contribution is 2.24. The number of carbonyl (C=O) groups is 1. The Balaban J connectivity index is 1.90. The van der Waals surface area contributed by atoms with Gasteiger partial charge in [-0.05, 0) is 37.0 Å². The van der Waals surface area contributed by atoms with Crippen molar-refractivity contribution >= 4 is 5.97 Å². The van der Waals surface area contributed by atoms with Crippen molar-refractivity contribution in [3.05, 3.63) is 35.6 Å². The SMILES string of the molecule is O=C(O)CCN(CCc1cccc(F)c1)C1CCCC1. The van der Waals surface area contributed by atoms with Crippen LogP contribution in [0, 0.1) is 5.82 Å². The molecule has 1 aliphatic rings. The minimum Gasteiger partial charge on any atom is -0.481 e. The van der Waals surface area contributed by atoms with Crippen molar-refractivity contribution < 1.29 is 14.3 Å². The zero-order chi connectivity index (χ0) is 14.4. The van der Waals surface area contributed by atoms with Crippen LogP contribution in [-0.2, 0) is 11.2 Å². The third-order valence-electron chi connectivity index (χ3n) is 4.03. The van der Waals surface area contributed by atoms with E-state index in [9.17, 15) is 9.18 Å². The number of benzene rings is 1. The zero-order valence-electron chi connectivity index (χ0n) is 11.7. The van der Waals surface area contributed by atoms with Gasteiger partial charge in [0.05, 0.1) is 6.42 Å². The van der Waals surface area contributed by atoms with Crippen LogP contribution in [0.5, 0.6) is 0 Å². The first kappa shape index (κ1) is 15.0. The lowest BCUT2D eigenvalue weighted by atomic mass is 10.1. The molecule has 1 fully saturated rings. The second-order valence-electron chi connectivity index (χ2n) is 5.50. The lowest BCUT2D eigenvalue weighted by Crippen LogP contribution is -2.36. The van der Waals surface area contributed by atoms with Gasteiger partial charge >= 0.3 is 5.97 Å². The molecule has 0 unspecified atom stereocenters. The average Bonchev–Trinajstić information content (AvgIpc) is 2.92. The van der Waals surface area contributed by atoms with Crippen LogP contribution in [0.3, 0.4) is 0 Å². The summed E-state index contributed by atoms with van der Waals surface area (Å²) in [5, 5.41) is 8.85. The molecule has 0 amide bonds. The molecule has 20 heavy (non-hydrogen) atoms. The maximum absolute atomic E-state index is 13.2. The van der Waals surface area contributed by atoms with Gasteiger partial charge in [0.25, 0.3) is 0 Å². The Bertz CT molecular complexity index is 444. The molecular formula is C16H22FNO2. The molecule has 0 radical (unpaired) electrons. The smallest absolute Gasteiger partial charge is 0.304 e. The summed E-state index contributed by atoms with van der Waals surface area (Å²) in [5.41, 5.74) is 0.975. The van der Waals surface area contributed by atoms with E-state index >= 15 is 0 Å². The molecule has 1 aromatic rings. The van der Waals surface area contributed by atoms with E-state index in [2.05, 4.69) is 4.90 Å². The van der Waals surface area contributed by atoms with Crippen molar-refractivity contribution in [3.63, 3.8) is 0 Å². The molecule has 0 bridgehead atoms. The van der Waals surface area contributed by atoms with Gasteiger partial charge in [-0.2, -0.15) is 0 Å². The van der Waals surface area contributed by atoms with Gasteiger partial charge in [0, 0.05) is 19.1 Å².